The van der Waals surface area contributed by atoms with E-state index in [2.05, 4.69) is 4.74 Å². The highest BCUT2D eigenvalue weighted by Crippen LogP contribution is 1.97. The standard InChI is InChI=1S/C8H8O.C4H8O2/c1-7(9)8-5-3-2-4-6-8;1-4(5)3-6-2/h2-6H,1H3;3H2,1-2H3. The van der Waals surface area contributed by atoms with Gasteiger partial charge < -0.3 is 4.74 Å². The van der Waals surface area contributed by atoms with Gasteiger partial charge in [0.1, 0.15) is 6.61 Å². The Hall–Kier alpha value is -1.48. The zero-order valence-electron chi connectivity index (χ0n) is 9.32. The van der Waals surface area contributed by atoms with Crippen LogP contribution in [-0.4, -0.2) is 25.3 Å². The van der Waals surface area contributed by atoms with Gasteiger partial charge >= 0.3 is 0 Å². The van der Waals surface area contributed by atoms with Gasteiger partial charge in [-0.1, -0.05) is 30.3 Å². The van der Waals surface area contributed by atoms with E-state index in [0.717, 1.165) is 5.56 Å². The van der Waals surface area contributed by atoms with Gasteiger partial charge in [-0.3, -0.25) is 9.59 Å². The molecule has 82 valence electrons. The van der Waals surface area contributed by atoms with Crippen molar-refractivity contribution < 1.29 is 14.3 Å². The number of hydrogen-bond acceptors (Lipinski definition) is 3. The molecule has 0 saturated carbocycles. The van der Waals surface area contributed by atoms with Crippen molar-refractivity contribution in [1.82, 2.24) is 0 Å². The summed E-state index contributed by atoms with van der Waals surface area (Å²) in [5.74, 6) is 0.188. The van der Waals surface area contributed by atoms with Crippen molar-refractivity contribution in [3.63, 3.8) is 0 Å². The third-order valence-corrected chi connectivity index (χ3v) is 1.53. The number of benzene rings is 1. The average molecular weight is 208 g/mol. The fourth-order valence-electron chi connectivity index (χ4n) is 0.876. The van der Waals surface area contributed by atoms with Crippen molar-refractivity contribution >= 4 is 11.6 Å². The van der Waals surface area contributed by atoms with Crippen LogP contribution in [0.1, 0.15) is 24.2 Å². The Labute approximate surface area is 90.1 Å². The van der Waals surface area contributed by atoms with Crippen LogP contribution in [0.4, 0.5) is 0 Å². The Morgan fingerprint density at radius 1 is 1.13 bits per heavy atom. The summed E-state index contributed by atoms with van der Waals surface area (Å²) >= 11 is 0. The van der Waals surface area contributed by atoms with Crippen molar-refractivity contribution in [3.05, 3.63) is 35.9 Å². The molecule has 0 heterocycles. The van der Waals surface area contributed by atoms with Crippen LogP contribution in [0.5, 0.6) is 0 Å². The second-order valence-electron chi connectivity index (χ2n) is 3.06. The van der Waals surface area contributed by atoms with Crippen molar-refractivity contribution in [1.29, 1.82) is 0 Å². The summed E-state index contributed by atoms with van der Waals surface area (Å²) < 4.78 is 4.45. The van der Waals surface area contributed by atoms with Crippen LogP contribution in [0.3, 0.4) is 0 Å². The van der Waals surface area contributed by atoms with Crippen molar-refractivity contribution in [2.45, 2.75) is 13.8 Å². The SMILES string of the molecule is CC(=O)c1ccccc1.COCC(C)=O. The largest absolute Gasteiger partial charge is 0.377 e. The predicted molar refractivity (Wildman–Crippen MR) is 59.0 cm³/mol. The summed E-state index contributed by atoms with van der Waals surface area (Å²) in [5.41, 5.74) is 0.775. The first kappa shape index (κ1) is 13.5. The number of rotatable bonds is 3. The van der Waals surface area contributed by atoms with Gasteiger partial charge in [0, 0.05) is 12.7 Å². The van der Waals surface area contributed by atoms with E-state index in [9.17, 15) is 9.59 Å². The molecule has 0 bridgehead atoms. The van der Waals surface area contributed by atoms with Gasteiger partial charge in [-0.25, -0.2) is 0 Å². The minimum absolute atomic E-state index is 0.0671. The van der Waals surface area contributed by atoms with Crippen molar-refractivity contribution in [2.75, 3.05) is 13.7 Å². The Morgan fingerprint density at radius 2 is 1.67 bits per heavy atom. The van der Waals surface area contributed by atoms with Crippen molar-refractivity contribution in [3.8, 4) is 0 Å². The number of ether oxygens (including phenoxy) is 1. The number of hydrogen-bond donors (Lipinski definition) is 0. The van der Waals surface area contributed by atoms with Gasteiger partial charge in [0.2, 0.25) is 0 Å². The summed E-state index contributed by atoms with van der Waals surface area (Å²) in [5, 5.41) is 0. The molecule has 0 radical (unpaired) electrons. The number of methoxy groups -OCH3 is 1. The molecule has 0 saturated heterocycles. The highest BCUT2D eigenvalue weighted by atomic mass is 16.5. The fourth-order valence-corrected chi connectivity index (χ4v) is 0.876. The lowest BCUT2D eigenvalue weighted by molar-refractivity contribution is -0.120. The van der Waals surface area contributed by atoms with E-state index >= 15 is 0 Å². The lowest BCUT2D eigenvalue weighted by Crippen LogP contribution is -1.98. The summed E-state index contributed by atoms with van der Waals surface area (Å²) in [7, 11) is 1.50. The molecule has 0 atom stereocenters. The third-order valence-electron chi connectivity index (χ3n) is 1.53. The Morgan fingerprint density at radius 3 is 1.87 bits per heavy atom. The number of carbonyl (C=O) groups is 2. The lowest BCUT2D eigenvalue weighted by atomic mass is 10.2. The maximum Gasteiger partial charge on any atom is 0.159 e. The van der Waals surface area contributed by atoms with Crippen molar-refractivity contribution in [2.24, 2.45) is 0 Å². The molecule has 3 heteroatoms. The minimum atomic E-state index is 0.0671. The van der Waals surface area contributed by atoms with E-state index in [1.54, 1.807) is 6.92 Å². The van der Waals surface area contributed by atoms with Gasteiger partial charge in [-0.2, -0.15) is 0 Å². The van der Waals surface area contributed by atoms with Crippen LogP contribution >= 0.6 is 0 Å². The Kier molecular flexibility index (Phi) is 7.10. The highest BCUT2D eigenvalue weighted by Gasteiger charge is 1.92. The first-order valence-corrected chi connectivity index (χ1v) is 4.62. The molecule has 0 amide bonds. The zero-order valence-corrected chi connectivity index (χ0v) is 9.32. The molecule has 0 spiro atoms. The highest BCUT2D eigenvalue weighted by molar-refractivity contribution is 5.93. The van der Waals surface area contributed by atoms with Crippen LogP contribution < -0.4 is 0 Å². The zero-order chi connectivity index (χ0) is 11.7. The van der Waals surface area contributed by atoms with Gasteiger partial charge in [0.15, 0.2) is 11.6 Å². The first-order valence-electron chi connectivity index (χ1n) is 4.62. The van der Waals surface area contributed by atoms with E-state index in [1.807, 2.05) is 30.3 Å². The van der Waals surface area contributed by atoms with Gasteiger partial charge in [-0.15, -0.1) is 0 Å². The molecule has 1 aromatic carbocycles. The molecule has 0 unspecified atom stereocenters. The summed E-state index contributed by atoms with van der Waals surface area (Å²) in [6, 6.07) is 9.23. The monoisotopic (exact) mass is 208 g/mol. The quantitative estimate of drug-likeness (QED) is 0.714. The second kappa shape index (κ2) is 7.88. The number of ketones is 2. The smallest absolute Gasteiger partial charge is 0.159 e. The first-order chi connectivity index (χ1) is 7.07. The van der Waals surface area contributed by atoms with E-state index in [0.29, 0.717) is 0 Å². The van der Waals surface area contributed by atoms with E-state index in [-0.39, 0.29) is 18.2 Å². The van der Waals surface area contributed by atoms with Gasteiger partial charge in [0.05, 0.1) is 0 Å². The minimum Gasteiger partial charge on any atom is -0.377 e. The Bertz CT molecular complexity index is 304. The molecule has 1 aromatic rings. The lowest BCUT2D eigenvalue weighted by Gasteiger charge is -1.89. The normalized spacial score (nSPS) is 8.73. The molecular weight excluding hydrogens is 192 g/mol. The molecule has 0 fully saturated rings. The van der Waals surface area contributed by atoms with Crippen LogP contribution in [-0.2, 0) is 9.53 Å². The Balaban J connectivity index is 0.000000288. The molecule has 3 nitrogen and oxygen atoms in total. The second-order valence-corrected chi connectivity index (χ2v) is 3.06. The number of carbonyl (C=O) groups excluding carboxylic acids is 2. The fraction of sp³-hybridized carbons (Fsp3) is 0.333. The topological polar surface area (TPSA) is 43.4 Å². The molecule has 0 aliphatic carbocycles. The van der Waals surface area contributed by atoms with Crippen LogP contribution in [0.2, 0.25) is 0 Å². The van der Waals surface area contributed by atoms with Crippen LogP contribution in [0.15, 0.2) is 30.3 Å². The molecule has 15 heavy (non-hydrogen) atoms. The maximum atomic E-state index is 10.6. The van der Waals surface area contributed by atoms with E-state index < -0.39 is 0 Å². The number of Topliss-reactive ketones (excluding diaryl/α,β-unsaturated/α-hetero) is 2. The van der Waals surface area contributed by atoms with Gasteiger partial charge in [0.25, 0.3) is 0 Å². The van der Waals surface area contributed by atoms with Gasteiger partial charge in [-0.05, 0) is 13.8 Å². The third kappa shape index (κ3) is 7.58. The molecule has 0 N–H and O–H groups in total. The molecule has 0 aromatic heterocycles. The summed E-state index contributed by atoms with van der Waals surface area (Å²) in [4.78, 5) is 20.6. The van der Waals surface area contributed by atoms with E-state index in [1.165, 1.54) is 14.0 Å². The summed E-state index contributed by atoms with van der Waals surface area (Å²) in [6.07, 6.45) is 0. The molecule has 0 aliphatic heterocycles. The molecular formula is C12H16O3. The van der Waals surface area contributed by atoms with E-state index in [4.69, 9.17) is 0 Å². The average Bonchev–Trinajstić information content (AvgIpc) is 2.20. The molecule has 1 rings (SSSR count). The summed E-state index contributed by atoms with van der Waals surface area (Å²) in [6.45, 7) is 3.29. The molecule has 0 aliphatic rings. The maximum absolute atomic E-state index is 10.6. The van der Waals surface area contributed by atoms with Crippen LogP contribution in [0.25, 0.3) is 0 Å². The van der Waals surface area contributed by atoms with Crippen LogP contribution in [0, 0.1) is 0 Å². The predicted octanol–water partition coefficient (Wildman–Crippen LogP) is 2.11.